The summed E-state index contributed by atoms with van der Waals surface area (Å²) in [6, 6.07) is 20.7. The third-order valence-corrected chi connectivity index (χ3v) is 11.7. The van der Waals surface area contributed by atoms with Gasteiger partial charge in [0.05, 0.1) is 13.1 Å². The Hall–Kier alpha value is -6.42. The van der Waals surface area contributed by atoms with Gasteiger partial charge in [-0.05, 0) is 85.8 Å². The number of aromatic nitrogens is 1. The van der Waals surface area contributed by atoms with E-state index in [-0.39, 0.29) is 50.0 Å². The van der Waals surface area contributed by atoms with Gasteiger partial charge in [-0.1, -0.05) is 85.6 Å². The van der Waals surface area contributed by atoms with Gasteiger partial charge in [-0.25, -0.2) is 0 Å². The first-order chi connectivity index (χ1) is 30.3. The summed E-state index contributed by atoms with van der Waals surface area (Å²) >= 11 is 6.16. The molecule has 0 radical (unpaired) electrons. The molecular weight excluding hydrogens is 824 g/mol. The molecule has 1 aliphatic carbocycles. The molecule has 1 heterocycles. The van der Waals surface area contributed by atoms with Gasteiger partial charge in [0.1, 0.15) is 23.7 Å². The molecule has 13 N–H and O–H groups in total. The third kappa shape index (κ3) is 14.0. The quantitative estimate of drug-likeness (QED) is 0.0311. The van der Waals surface area contributed by atoms with Crippen molar-refractivity contribution >= 4 is 63.9 Å². The minimum absolute atomic E-state index is 0.0199. The summed E-state index contributed by atoms with van der Waals surface area (Å²) < 4.78 is 0. The number of para-hydroxylation sites is 1. The van der Waals surface area contributed by atoms with Crippen LogP contribution in [0.1, 0.15) is 87.3 Å². The van der Waals surface area contributed by atoms with Crippen molar-refractivity contribution in [2.45, 2.75) is 107 Å². The van der Waals surface area contributed by atoms with Crippen LogP contribution in [-0.4, -0.2) is 83.1 Å². The molecule has 3 atom stereocenters. The zero-order valence-electron chi connectivity index (χ0n) is 35.6. The lowest BCUT2D eigenvalue weighted by atomic mass is 9.73. The number of unbranched alkanes of at least 4 members (excludes halogenated alkanes) is 1. The van der Waals surface area contributed by atoms with E-state index < -0.39 is 59.7 Å². The number of rotatable bonds is 22. The van der Waals surface area contributed by atoms with E-state index in [1.165, 1.54) is 0 Å². The van der Waals surface area contributed by atoms with Crippen LogP contribution in [0.4, 0.5) is 0 Å². The van der Waals surface area contributed by atoms with E-state index in [4.69, 9.17) is 28.8 Å². The third-order valence-electron chi connectivity index (χ3n) is 11.5. The highest BCUT2D eigenvalue weighted by atomic mass is 35.5. The van der Waals surface area contributed by atoms with Crippen molar-refractivity contribution < 1.29 is 33.8 Å². The largest absolute Gasteiger partial charge is 0.368 e. The molecule has 1 aliphatic rings. The minimum atomic E-state index is -1.29. The number of fused-ring (bicyclic) bond motifs is 1. The van der Waals surface area contributed by atoms with Crippen molar-refractivity contribution in [3.8, 4) is 0 Å². The molecule has 1 fully saturated rings. The van der Waals surface area contributed by atoms with Gasteiger partial charge < -0.3 is 37.3 Å². The van der Waals surface area contributed by atoms with Crippen molar-refractivity contribution in [3.05, 3.63) is 107 Å². The van der Waals surface area contributed by atoms with E-state index in [0.717, 1.165) is 34.0 Å². The smallest absolute Gasteiger partial charge is 0.338 e. The molecule has 0 bridgehead atoms. The van der Waals surface area contributed by atoms with Gasteiger partial charge >= 0.3 is 5.96 Å². The molecule has 336 valence electrons. The number of hydrogen-bond acceptors (Lipinski definition) is 6. The number of H-pyrrole nitrogens is 1. The van der Waals surface area contributed by atoms with E-state index in [1.54, 1.807) is 6.20 Å². The first-order valence-electron chi connectivity index (χ1n) is 21.5. The number of carbonyl (C=O) groups is 6. The molecule has 17 heteroatoms. The number of halogens is 1. The fourth-order valence-electron chi connectivity index (χ4n) is 7.99. The van der Waals surface area contributed by atoms with Crippen molar-refractivity contribution in [1.82, 2.24) is 31.6 Å². The summed E-state index contributed by atoms with van der Waals surface area (Å²) in [6.07, 6.45) is 5.82. The van der Waals surface area contributed by atoms with Gasteiger partial charge in [0, 0.05) is 41.4 Å². The van der Waals surface area contributed by atoms with Crippen molar-refractivity contribution in [1.29, 1.82) is 0 Å². The second kappa shape index (κ2) is 23.1. The number of nitrogens with one attached hydrogen (secondary N) is 7. The second-order valence-electron chi connectivity index (χ2n) is 16.2. The first-order valence-corrected chi connectivity index (χ1v) is 21.9. The Bertz CT molecular complexity index is 2220. The second-order valence-corrected chi connectivity index (χ2v) is 16.6. The van der Waals surface area contributed by atoms with Crippen molar-refractivity contribution in [2.75, 3.05) is 13.1 Å². The molecule has 5 rings (SSSR count). The lowest BCUT2D eigenvalue weighted by Gasteiger charge is -2.40. The van der Waals surface area contributed by atoms with Crippen molar-refractivity contribution in [2.24, 2.45) is 17.2 Å². The molecule has 0 unspecified atom stereocenters. The van der Waals surface area contributed by atoms with Gasteiger partial charge in [-0.3, -0.25) is 45.2 Å². The average molecular weight is 885 g/mol. The maximum Gasteiger partial charge on any atom is 0.338 e. The fraction of sp³-hybridized carbons (Fsp3) is 0.413. The Labute approximate surface area is 372 Å². The maximum atomic E-state index is 14.7. The number of nitrogens with two attached hydrogens (primary N) is 3. The summed E-state index contributed by atoms with van der Waals surface area (Å²) in [5.74, 6) is -3.39. The van der Waals surface area contributed by atoms with Crippen LogP contribution in [0.3, 0.4) is 0 Å². The first kappa shape index (κ1) is 47.6. The number of carbonyl (C=O) groups excluding carboxylic acids is 6. The van der Waals surface area contributed by atoms with E-state index in [9.17, 15) is 28.8 Å². The normalized spacial score (nSPS) is 17.3. The molecule has 3 aromatic carbocycles. The molecule has 4 aromatic rings. The van der Waals surface area contributed by atoms with Gasteiger partial charge in [0.2, 0.25) is 35.4 Å². The SMILES string of the molecule is CCCCC(=O)NC1(C(=O)N[C@H](Cc2ccccc2)C(=O)N[C@@H](CCC[NH+]=C(N)N)C(=O)N[C@@H](Cc2c[nH]c3ccccc23)C(=O)NCC(N)=O)CCC(c2ccc(Cl)cc2)CC1. The standard InChI is InChI=1S/C46H59ClN10O6/c1-2-3-15-40(59)57-46(22-20-31(21-23-46)30-16-18-33(47)19-17-30)44(63)56-37(25-29-10-5-4-6-11-29)43(62)54-36(14-9-24-51-45(49)50)42(61)55-38(41(60)53-28-39(48)58)26-32-27-52-35-13-8-7-12-34(32)35/h4-8,10-13,16-19,27,31,36-38,52H,2-3,9,14-15,20-26,28H2,1H3,(H2,48,58)(H,53,60)(H,54,62)(H,55,61)(H,56,63)(H,57,59)(H4,49,50,51)/p+1/t31?,36-,37+,38-,46?/m0/s1. The summed E-state index contributed by atoms with van der Waals surface area (Å²) in [5.41, 5.74) is 18.6. The van der Waals surface area contributed by atoms with Crippen LogP contribution in [0.5, 0.6) is 0 Å². The number of guanidine groups is 1. The number of primary amides is 1. The number of hydrogen-bond donors (Lipinski definition) is 10. The van der Waals surface area contributed by atoms with Crippen LogP contribution in [0, 0.1) is 0 Å². The summed E-state index contributed by atoms with van der Waals surface area (Å²) in [6.45, 7) is 1.80. The predicted molar refractivity (Wildman–Crippen MR) is 242 cm³/mol. The van der Waals surface area contributed by atoms with Gasteiger partial charge in [0.25, 0.3) is 0 Å². The van der Waals surface area contributed by atoms with Gasteiger partial charge in [0.15, 0.2) is 0 Å². The molecule has 1 saturated carbocycles. The number of amides is 6. The lowest BCUT2D eigenvalue weighted by molar-refractivity contribution is -0.459. The summed E-state index contributed by atoms with van der Waals surface area (Å²) in [5, 5.41) is 15.7. The summed E-state index contributed by atoms with van der Waals surface area (Å²) in [7, 11) is 0. The Morgan fingerprint density at radius 1 is 0.794 bits per heavy atom. The Morgan fingerprint density at radius 3 is 2.13 bits per heavy atom. The minimum Gasteiger partial charge on any atom is -0.368 e. The fourth-order valence-corrected chi connectivity index (χ4v) is 8.12. The average Bonchev–Trinajstić information content (AvgIpc) is 3.68. The molecule has 0 aliphatic heterocycles. The molecule has 16 nitrogen and oxygen atoms in total. The Morgan fingerprint density at radius 2 is 1.44 bits per heavy atom. The van der Waals surface area contributed by atoms with Gasteiger partial charge in [-0.15, -0.1) is 0 Å². The predicted octanol–water partition coefficient (Wildman–Crippen LogP) is 1.20. The monoisotopic (exact) mass is 883 g/mol. The highest BCUT2D eigenvalue weighted by Crippen LogP contribution is 2.39. The molecule has 0 saturated heterocycles. The zero-order chi connectivity index (χ0) is 45.4. The van der Waals surface area contributed by atoms with Crippen LogP contribution in [0.25, 0.3) is 10.9 Å². The van der Waals surface area contributed by atoms with Gasteiger partial charge in [-0.2, -0.15) is 0 Å². The van der Waals surface area contributed by atoms with Crippen LogP contribution < -0.4 is 48.8 Å². The topological polar surface area (TPSA) is 270 Å². The van der Waals surface area contributed by atoms with E-state index in [2.05, 4.69) is 36.6 Å². The van der Waals surface area contributed by atoms with Crippen LogP contribution in [-0.2, 0) is 41.6 Å². The Kier molecular flexibility index (Phi) is 17.5. The highest BCUT2D eigenvalue weighted by molar-refractivity contribution is 6.30. The molecule has 6 amide bonds. The van der Waals surface area contributed by atoms with Crippen LogP contribution in [0.15, 0.2) is 85.1 Å². The molecule has 1 aromatic heterocycles. The lowest BCUT2D eigenvalue weighted by Crippen LogP contribution is -2.78. The number of aromatic amines is 1. The van der Waals surface area contributed by atoms with Crippen LogP contribution >= 0.6 is 11.6 Å². The number of benzene rings is 3. The zero-order valence-corrected chi connectivity index (χ0v) is 36.4. The van der Waals surface area contributed by atoms with E-state index >= 15 is 0 Å². The Balaban J connectivity index is 1.41. The molecule has 63 heavy (non-hydrogen) atoms. The van der Waals surface area contributed by atoms with E-state index in [0.29, 0.717) is 43.5 Å². The summed E-state index contributed by atoms with van der Waals surface area (Å²) in [4.78, 5) is 88.0. The molecular formula is C46H60ClN10O6+. The van der Waals surface area contributed by atoms with Crippen molar-refractivity contribution in [3.63, 3.8) is 0 Å². The molecule has 0 spiro atoms. The van der Waals surface area contributed by atoms with E-state index in [1.807, 2.05) is 85.8 Å². The highest BCUT2D eigenvalue weighted by Gasteiger charge is 2.44. The maximum absolute atomic E-state index is 14.7. The van der Waals surface area contributed by atoms with Crippen LogP contribution in [0.2, 0.25) is 5.02 Å².